The maximum absolute atomic E-state index is 10.2. The van der Waals surface area contributed by atoms with Crippen molar-refractivity contribution in [3.8, 4) is 0 Å². The van der Waals surface area contributed by atoms with Crippen LogP contribution in [0, 0.1) is 0 Å². The topological polar surface area (TPSA) is 57.5 Å². The molecule has 0 unspecified atom stereocenters. The van der Waals surface area contributed by atoms with Crippen LogP contribution in [0.25, 0.3) is 6.08 Å². The van der Waals surface area contributed by atoms with Gasteiger partial charge in [0.25, 0.3) is 0 Å². The predicted molar refractivity (Wildman–Crippen MR) is 67.3 cm³/mol. The van der Waals surface area contributed by atoms with Crippen molar-refractivity contribution >= 4 is 24.0 Å². The Morgan fingerprint density at radius 3 is 2.53 bits per heavy atom. The molecule has 0 saturated heterocycles. The van der Waals surface area contributed by atoms with E-state index in [1.165, 1.54) is 6.08 Å². The average molecular weight is 253 g/mol. The first-order valence-corrected chi connectivity index (χ1v) is 5.41. The third-order valence-electron chi connectivity index (χ3n) is 2.23. The minimum atomic E-state index is -0.129. The van der Waals surface area contributed by atoms with Crippen molar-refractivity contribution in [2.75, 3.05) is 0 Å². The molecule has 1 aromatic rings. The molecule has 0 bridgehead atoms. The Bertz CT molecular complexity index is 450. The van der Waals surface area contributed by atoms with Crippen LogP contribution in [-0.2, 0) is 18.0 Å². The summed E-state index contributed by atoms with van der Waals surface area (Å²) in [4.78, 5) is 10.2. The van der Waals surface area contributed by atoms with Crippen molar-refractivity contribution in [1.29, 1.82) is 0 Å². The fraction of sp³-hybridized carbons (Fsp3) is 0.154. The highest BCUT2D eigenvalue weighted by Gasteiger charge is 2.00. The largest absolute Gasteiger partial charge is 0.392 e. The number of hydrogen-bond donors (Lipinski definition) is 2. The molecule has 4 heteroatoms. The monoisotopic (exact) mass is 252 g/mol. The van der Waals surface area contributed by atoms with Crippen LogP contribution >= 0.6 is 11.6 Å². The first kappa shape index (κ1) is 13.6. The van der Waals surface area contributed by atoms with Crippen LogP contribution in [-0.4, -0.2) is 16.5 Å². The van der Waals surface area contributed by atoms with Gasteiger partial charge in [0.05, 0.1) is 13.2 Å². The molecule has 0 amide bonds. The van der Waals surface area contributed by atoms with Crippen LogP contribution in [0.15, 0.2) is 35.4 Å². The van der Waals surface area contributed by atoms with Gasteiger partial charge in [0, 0.05) is 5.03 Å². The summed E-state index contributed by atoms with van der Waals surface area (Å²) < 4.78 is 0. The zero-order valence-corrected chi connectivity index (χ0v) is 9.89. The zero-order chi connectivity index (χ0) is 12.7. The number of carbonyl (C=O) groups is 1. The number of allylic oxidation sites excluding steroid dienone is 3. The standard InChI is InChI=1S/C13H13ClO3/c14-13(5-6-15)4-2-10-1-3-11(8-16)12(7-10)9-17/h1-7,16-17H,8-9H2/b4-2+,13-5-. The van der Waals surface area contributed by atoms with E-state index in [-0.39, 0.29) is 13.2 Å². The van der Waals surface area contributed by atoms with Crippen LogP contribution in [0.2, 0.25) is 0 Å². The van der Waals surface area contributed by atoms with Crippen LogP contribution in [0.5, 0.6) is 0 Å². The second kappa shape index (κ2) is 7.01. The van der Waals surface area contributed by atoms with Crippen LogP contribution < -0.4 is 0 Å². The highest BCUT2D eigenvalue weighted by Crippen LogP contribution is 2.15. The van der Waals surface area contributed by atoms with E-state index >= 15 is 0 Å². The van der Waals surface area contributed by atoms with E-state index in [1.807, 2.05) is 0 Å². The molecular formula is C13H13ClO3. The second-order valence-electron chi connectivity index (χ2n) is 3.37. The molecule has 0 saturated carbocycles. The second-order valence-corrected chi connectivity index (χ2v) is 3.80. The molecule has 0 spiro atoms. The number of halogens is 1. The minimum Gasteiger partial charge on any atom is -0.392 e. The Morgan fingerprint density at radius 1 is 1.24 bits per heavy atom. The molecule has 90 valence electrons. The fourth-order valence-corrected chi connectivity index (χ4v) is 1.46. The quantitative estimate of drug-likeness (QED) is 0.479. The third kappa shape index (κ3) is 4.15. The van der Waals surface area contributed by atoms with Gasteiger partial charge in [0.2, 0.25) is 0 Å². The van der Waals surface area contributed by atoms with Gasteiger partial charge in [0.1, 0.15) is 6.29 Å². The Hall–Kier alpha value is -1.42. The predicted octanol–water partition coefficient (Wildman–Crippen LogP) is 2.01. The Morgan fingerprint density at radius 2 is 1.94 bits per heavy atom. The Balaban J connectivity index is 2.93. The molecule has 0 aliphatic carbocycles. The van der Waals surface area contributed by atoms with Crippen LogP contribution in [0.1, 0.15) is 16.7 Å². The summed E-state index contributed by atoms with van der Waals surface area (Å²) in [5.74, 6) is 0. The average Bonchev–Trinajstić information content (AvgIpc) is 2.36. The molecule has 3 nitrogen and oxygen atoms in total. The summed E-state index contributed by atoms with van der Waals surface area (Å²) in [6.07, 6.45) is 5.17. The van der Waals surface area contributed by atoms with E-state index in [2.05, 4.69) is 0 Å². The normalized spacial score (nSPS) is 12.1. The number of aldehydes is 1. The summed E-state index contributed by atoms with van der Waals surface area (Å²) >= 11 is 5.72. The first-order valence-electron chi connectivity index (χ1n) is 5.03. The number of benzene rings is 1. The lowest BCUT2D eigenvalue weighted by Crippen LogP contribution is -1.94. The van der Waals surface area contributed by atoms with Crippen molar-refractivity contribution in [3.05, 3.63) is 52.1 Å². The minimum absolute atomic E-state index is 0.105. The summed E-state index contributed by atoms with van der Waals surface area (Å²) in [6.45, 7) is -0.235. The van der Waals surface area contributed by atoms with Gasteiger partial charge in [-0.15, -0.1) is 0 Å². The molecule has 0 aliphatic rings. The smallest absolute Gasteiger partial charge is 0.144 e. The van der Waals surface area contributed by atoms with Gasteiger partial charge < -0.3 is 10.2 Å². The van der Waals surface area contributed by atoms with Gasteiger partial charge in [0.15, 0.2) is 0 Å². The van der Waals surface area contributed by atoms with Crippen molar-refractivity contribution in [2.24, 2.45) is 0 Å². The maximum atomic E-state index is 10.2. The lowest BCUT2D eigenvalue weighted by Gasteiger charge is -2.05. The molecule has 0 fully saturated rings. The lowest BCUT2D eigenvalue weighted by molar-refractivity contribution is -0.104. The van der Waals surface area contributed by atoms with Gasteiger partial charge >= 0.3 is 0 Å². The molecule has 0 aromatic heterocycles. The van der Waals surface area contributed by atoms with Gasteiger partial charge in [-0.2, -0.15) is 0 Å². The summed E-state index contributed by atoms with van der Waals surface area (Å²) in [5, 5.41) is 18.5. The molecule has 1 rings (SSSR count). The highest BCUT2D eigenvalue weighted by atomic mass is 35.5. The molecule has 0 heterocycles. The summed E-state index contributed by atoms with van der Waals surface area (Å²) in [6, 6.07) is 5.29. The summed E-state index contributed by atoms with van der Waals surface area (Å²) in [5.41, 5.74) is 2.20. The lowest BCUT2D eigenvalue weighted by atomic mass is 10.0. The summed E-state index contributed by atoms with van der Waals surface area (Å²) in [7, 11) is 0. The van der Waals surface area contributed by atoms with E-state index in [0.29, 0.717) is 22.4 Å². The molecule has 2 N–H and O–H groups in total. The number of aliphatic hydroxyl groups excluding tert-OH is 2. The Labute approximate surface area is 105 Å². The van der Waals surface area contributed by atoms with Crippen LogP contribution in [0.3, 0.4) is 0 Å². The van der Waals surface area contributed by atoms with E-state index < -0.39 is 0 Å². The molecule has 1 aromatic carbocycles. The van der Waals surface area contributed by atoms with Crippen LogP contribution in [0.4, 0.5) is 0 Å². The molecule has 0 atom stereocenters. The number of aliphatic hydroxyl groups is 2. The zero-order valence-electron chi connectivity index (χ0n) is 9.14. The van der Waals surface area contributed by atoms with Crippen molar-refractivity contribution in [3.63, 3.8) is 0 Å². The van der Waals surface area contributed by atoms with Gasteiger partial charge in [-0.25, -0.2) is 0 Å². The number of hydrogen-bond acceptors (Lipinski definition) is 3. The molecular weight excluding hydrogens is 240 g/mol. The van der Waals surface area contributed by atoms with E-state index in [1.54, 1.807) is 30.4 Å². The number of carbonyl (C=O) groups excluding carboxylic acids is 1. The van der Waals surface area contributed by atoms with E-state index in [9.17, 15) is 4.79 Å². The maximum Gasteiger partial charge on any atom is 0.144 e. The number of rotatable bonds is 5. The molecule has 0 radical (unpaired) electrons. The third-order valence-corrected chi connectivity index (χ3v) is 2.49. The first-order chi connectivity index (χ1) is 8.21. The molecule has 0 aliphatic heterocycles. The van der Waals surface area contributed by atoms with E-state index in [0.717, 1.165) is 5.56 Å². The van der Waals surface area contributed by atoms with E-state index in [4.69, 9.17) is 21.8 Å². The SMILES string of the molecule is O=C/C=C(Cl)/C=C/c1ccc(CO)c(CO)c1. The highest BCUT2D eigenvalue weighted by molar-refractivity contribution is 6.32. The van der Waals surface area contributed by atoms with Gasteiger partial charge in [-0.3, -0.25) is 4.79 Å². The van der Waals surface area contributed by atoms with Gasteiger partial charge in [-0.1, -0.05) is 29.8 Å². The van der Waals surface area contributed by atoms with Gasteiger partial charge in [-0.05, 0) is 34.9 Å². The Kier molecular flexibility index (Phi) is 5.63. The van der Waals surface area contributed by atoms with Crippen molar-refractivity contribution in [2.45, 2.75) is 13.2 Å². The fourth-order valence-electron chi connectivity index (χ4n) is 1.35. The van der Waals surface area contributed by atoms with Crippen molar-refractivity contribution < 1.29 is 15.0 Å². The molecule has 17 heavy (non-hydrogen) atoms. The van der Waals surface area contributed by atoms with Crippen molar-refractivity contribution in [1.82, 2.24) is 0 Å².